The van der Waals surface area contributed by atoms with E-state index in [1.807, 2.05) is 60.7 Å². The van der Waals surface area contributed by atoms with Gasteiger partial charge in [0.2, 0.25) is 17.8 Å². The summed E-state index contributed by atoms with van der Waals surface area (Å²) < 4.78 is 4.70. The first-order valence-electron chi connectivity index (χ1n) is 10.1. The Balaban J connectivity index is 1.52. The number of hydrogen-bond acceptors (Lipinski definition) is 9. The number of nitrogens with zero attached hydrogens (tertiary/aromatic N) is 4. The molecular formula is C24H21N7O2. The van der Waals surface area contributed by atoms with Crippen LogP contribution in [0.25, 0.3) is 0 Å². The van der Waals surface area contributed by atoms with Crippen LogP contribution < -0.4 is 16.1 Å². The monoisotopic (exact) mass is 439 g/mol. The van der Waals surface area contributed by atoms with Crippen molar-refractivity contribution in [3.8, 4) is 0 Å². The highest BCUT2D eigenvalue weighted by Crippen LogP contribution is 2.18. The highest BCUT2D eigenvalue weighted by atomic mass is 16.5. The first kappa shape index (κ1) is 21.4. The van der Waals surface area contributed by atoms with E-state index < -0.39 is 5.97 Å². The molecule has 0 aliphatic heterocycles. The molecule has 1 aromatic heterocycles. The van der Waals surface area contributed by atoms with Crippen LogP contribution in [0.2, 0.25) is 0 Å². The molecular weight excluding hydrogens is 418 g/mol. The average Bonchev–Trinajstić information content (AvgIpc) is 2.85. The fraction of sp³-hybridized carbons (Fsp3) is 0.0417. The summed E-state index contributed by atoms with van der Waals surface area (Å²) in [6.07, 6.45) is 1.60. The lowest BCUT2D eigenvalue weighted by atomic mass is 10.1. The third-order valence-electron chi connectivity index (χ3n) is 4.41. The fourth-order valence-electron chi connectivity index (χ4n) is 2.83. The maximum atomic E-state index is 11.5. The van der Waals surface area contributed by atoms with Gasteiger partial charge in [0, 0.05) is 11.4 Å². The SMILES string of the molecule is COC(=O)c1ccc(/C=N/Nc2nc(Nc3ccccc3)nc(Nc3ccccc3)n2)cc1. The van der Waals surface area contributed by atoms with E-state index in [0.29, 0.717) is 17.5 Å². The minimum Gasteiger partial charge on any atom is -0.465 e. The molecule has 0 saturated carbocycles. The van der Waals surface area contributed by atoms with E-state index in [9.17, 15) is 4.79 Å². The molecule has 33 heavy (non-hydrogen) atoms. The molecule has 0 bridgehead atoms. The predicted octanol–water partition coefficient (Wildman–Crippen LogP) is 4.59. The largest absolute Gasteiger partial charge is 0.465 e. The molecule has 0 radical (unpaired) electrons. The van der Waals surface area contributed by atoms with Crippen molar-refractivity contribution in [3.63, 3.8) is 0 Å². The first-order valence-corrected chi connectivity index (χ1v) is 10.1. The van der Waals surface area contributed by atoms with Gasteiger partial charge in [0.1, 0.15) is 0 Å². The normalized spacial score (nSPS) is 10.6. The molecule has 1 heterocycles. The topological polar surface area (TPSA) is 113 Å². The van der Waals surface area contributed by atoms with Crippen LogP contribution in [0.4, 0.5) is 29.2 Å². The smallest absolute Gasteiger partial charge is 0.337 e. The zero-order valence-corrected chi connectivity index (χ0v) is 17.8. The fourth-order valence-corrected chi connectivity index (χ4v) is 2.83. The van der Waals surface area contributed by atoms with Gasteiger partial charge in [-0.3, -0.25) is 0 Å². The molecule has 4 aromatic rings. The number of hydrogen-bond donors (Lipinski definition) is 3. The molecule has 0 atom stereocenters. The lowest BCUT2D eigenvalue weighted by Crippen LogP contribution is -2.07. The van der Waals surface area contributed by atoms with E-state index in [2.05, 4.69) is 36.1 Å². The zero-order valence-electron chi connectivity index (χ0n) is 17.8. The number of nitrogens with one attached hydrogen (secondary N) is 3. The van der Waals surface area contributed by atoms with Crippen LogP contribution in [0.15, 0.2) is 90.0 Å². The van der Waals surface area contributed by atoms with Crippen molar-refractivity contribution in [2.24, 2.45) is 5.10 Å². The Morgan fingerprint density at radius 3 is 1.79 bits per heavy atom. The number of methoxy groups -OCH3 is 1. The number of aromatic nitrogens is 3. The number of para-hydroxylation sites is 2. The standard InChI is InChI=1S/C24H21N7O2/c1-33-21(32)18-14-12-17(13-15-18)16-25-31-24-29-22(26-19-8-4-2-5-9-19)28-23(30-24)27-20-10-6-3-7-11-20/h2-16H,1H3,(H3,26,27,28,29,30,31)/b25-16+. The molecule has 3 N–H and O–H groups in total. The van der Waals surface area contributed by atoms with Crippen LogP contribution in [0.3, 0.4) is 0 Å². The van der Waals surface area contributed by atoms with Crippen molar-refractivity contribution in [2.45, 2.75) is 0 Å². The number of hydrazone groups is 1. The highest BCUT2D eigenvalue weighted by molar-refractivity contribution is 5.90. The number of carbonyl (C=O) groups is 1. The van der Waals surface area contributed by atoms with Crippen molar-refractivity contribution in [1.29, 1.82) is 0 Å². The van der Waals surface area contributed by atoms with E-state index >= 15 is 0 Å². The molecule has 0 saturated heterocycles. The predicted molar refractivity (Wildman–Crippen MR) is 128 cm³/mol. The van der Waals surface area contributed by atoms with E-state index in [-0.39, 0.29) is 5.95 Å². The second-order valence-electron chi connectivity index (χ2n) is 6.77. The van der Waals surface area contributed by atoms with E-state index in [4.69, 9.17) is 4.74 Å². The van der Waals surface area contributed by atoms with Gasteiger partial charge in [-0.2, -0.15) is 20.1 Å². The minimum atomic E-state index is -0.390. The van der Waals surface area contributed by atoms with Gasteiger partial charge in [-0.05, 0) is 42.0 Å². The number of carbonyl (C=O) groups excluding carboxylic acids is 1. The third-order valence-corrected chi connectivity index (χ3v) is 4.41. The molecule has 3 aromatic carbocycles. The molecule has 9 heteroatoms. The van der Waals surface area contributed by atoms with Crippen molar-refractivity contribution in [2.75, 3.05) is 23.2 Å². The van der Waals surface area contributed by atoms with Crippen molar-refractivity contribution < 1.29 is 9.53 Å². The Bertz CT molecular complexity index is 1170. The summed E-state index contributed by atoms with van der Waals surface area (Å²) in [6, 6.07) is 26.0. The molecule has 164 valence electrons. The van der Waals surface area contributed by atoms with Gasteiger partial charge in [0.25, 0.3) is 0 Å². The molecule has 0 aliphatic rings. The first-order chi connectivity index (χ1) is 16.2. The van der Waals surface area contributed by atoms with E-state index in [0.717, 1.165) is 16.9 Å². The quantitative estimate of drug-likeness (QED) is 0.208. The van der Waals surface area contributed by atoms with Gasteiger partial charge in [-0.1, -0.05) is 48.5 Å². The second-order valence-corrected chi connectivity index (χ2v) is 6.77. The average molecular weight is 439 g/mol. The number of esters is 1. The van der Waals surface area contributed by atoms with Crippen molar-refractivity contribution in [3.05, 3.63) is 96.1 Å². The minimum absolute atomic E-state index is 0.254. The number of benzene rings is 3. The number of rotatable bonds is 8. The Morgan fingerprint density at radius 2 is 1.27 bits per heavy atom. The van der Waals surface area contributed by atoms with Gasteiger partial charge in [-0.25, -0.2) is 10.2 Å². The summed E-state index contributed by atoms with van der Waals surface area (Å²) in [5.41, 5.74) is 5.77. The molecule has 0 amide bonds. The van der Waals surface area contributed by atoms with Crippen LogP contribution in [0.1, 0.15) is 15.9 Å². The molecule has 9 nitrogen and oxygen atoms in total. The summed E-state index contributed by atoms with van der Waals surface area (Å²) in [4.78, 5) is 24.8. The molecule has 0 aliphatic carbocycles. The van der Waals surface area contributed by atoms with Gasteiger partial charge in [0.15, 0.2) is 0 Å². The van der Waals surface area contributed by atoms with Crippen LogP contribution in [0.5, 0.6) is 0 Å². The van der Waals surface area contributed by atoms with Gasteiger partial charge < -0.3 is 15.4 Å². The third kappa shape index (κ3) is 6.11. The van der Waals surface area contributed by atoms with E-state index in [1.54, 1.807) is 30.5 Å². The summed E-state index contributed by atoms with van der Waals surface area (Å²) in [6.45, 7) is 0. The molecule has 4 rings (SSSR count). The van der Waals surface area contributed by atoms with Crippen molar-refractivity contribution >= 4 is 41.4 Å². The van der Waals surface area contributed by atoms with Crippen LogP contribution in [-0.4, -0.2) is 34.2 Å². The second kappa shape index (κ2) is 10.5. The van der Waals surface area contributed by atoms with Crippen molar-refractivity contribution in [1.82, 2.24) is 15.0 Å². The summed E-state index contributed by atoms with van der Waals surface area (Å²) >= 11 is 0. The zero-order chi connectivity index (χ0) is 22.9. The molecule has 0 unspecified atom stereocenters. The van der Waals surface area contributed by atoms with Gasteiger partial charge in [-0.15, -0.1) is 0 Å². The Kier molecular flexibility index (Phi) is 6.82. The molecule has 0 fully saturated rings. The Hall–Kier alpha value is -4.79. The Morgan fingerprint density at radius 1 is 0.758 bits per heavy atom. The van der Waals surface area contributed by atoms with E-state index in [1.165, 1.54) is 7.11 Å². The summed E-state index contributed by atoms with van der Waals surface area (Å²) in [5.74, 6) is 0.576. The van der Waals surface area contributed by atoms with Gasteiger partial charge in [0.05, 0.1) is 18.9 Å². The Labute approximate surface area is 190 Å². The lowest BCUT2D eigenvalue weighted by molar-refractivity contribution is 0.0600. The van der Waals surface area contributed by atoms with Gasteiger partial charge >= 0.3 is 5.97 Å². The highest BCUT2D eigenvalue weighted by Gasteiger charge is 2.08. The maximum absolute atomic E-state index is 11.5. The summed E-state index contributed by atoms with van der Waals surface area (Å²) in [7, 11) is 1.35. The number of anilines is 5. The maximum Gasteiger partial charge on any atom is 0.337 e. The van der Waals surface area contributed by atoms with Crippen LogP contribution >= 0.6 is 0 Å². The lowest BCUT2D eigenvalue weighted by Gasteiger charge is -2.10. The van der Waals surface area contributed by atoms with Crippen LogP contribution in [0, 0.1) is 0 Å². The summed E-state index contributed by atoms with van der Waals surface area (Å²) in [5, 5.41) is 10.5. The molecule has 0 spiro atoms. The van der Waals surface area contributed by atoms with Crippen LogP contribution in [-0.2, 0) is 4.74 Å². The number of ether oxygens (including phenoxy) is 1.